The standard InChI is InChI=1S/C29H19NO2/c1-2-7-18(8-3-1)29-30-27-21-15-13-20(17-19(21)14-16-26(27)32-29)22-10-6-11-24-23-9-4-5-12-25(23)31-28(22)24/h1-17,29-30H/t29-/m1/s1. The van der Waals surface area contributed by atoms with Crippen molar-refractivity contribution in [1.29, 1.82) is 0 Å². The number of para-hydroxylation sites is 2. The number of hydrogen-bond donors (Lipinski definition) is 1. The molecule has 1 aromatic heterocycles. The van der Waals surface area contributed by atoms with Crippen molar-refractivity contribution in [2.45, 2.75) is 6.23 Å². The Morgan fingerprint density at radius 1 is 0.656 bits per heavy atom. The van der Waals surface area contributed by atoms with Gasteiger partial charge < -0.3 is 14.5 Å². The summed E-state index contributed by atoms with van der Waals surface area (Å²) in [5, 5.41) is 8.18. The van der Waals surface area contributed by atoms with Crippen LogP contribution in [0.3, 0.4) is 0 Å². The van der Waals surface area contributed by atoms with Gasteiger partial charge in [0.25, 0.3) is 0 Å². The average molecular weight is 413 g/mol. The molecule has 1 aliphatic heterocycles. The zero-order valence-electron chi connectivity index (χ0n) is 17.2. The van der Waals surface area contributed by atoms with Crippen LogP contribution in [0.1, 0.15) is 11.8 Å². The third kappa shape index (κ3) is 2.55. The number of nitrogens with one attached hydrogen (secondary N) is 1. The van der Waals surface area contributed by atoms with Crippen LogP contribution in [0.25, 0.3) is 43.8 Å². The molecule has 1 aliphatic rings. The van der Waals surface area contributed by atoms with Crippen LogP contribution < -0.4 is 10.1 Å². The van der Waals surface area contributed by atoms with Gasteiger partial charge in [0.15, 0.2) is 6.23 Å². The van der Waals surface area contributed by atoms with Gasteiger partial charge in [-0.1, -0.05) is 84.9 Å². The van der Waals surface area contributed by atoms with E-state index in [2.05, 4.69) is 78.1 Å². The van der Waals surface area contributed by atoms with Crippen LogP contribution in [0.2, 0.25) is 0 Å². The molecule has 1 atom stereocenters. The summed E-state index contributed by atoms with van der Waals surface area (Å²) >= 11 is 0. The number of anilines is 1. The molecule has 0 bridgehead atoms. The van der Waals surface area contributed by atoms with Crippen molar-refractivity contribution in [3.63, 3.8) is 0 Å². The van der Waals surface area contributed by atoms with Gasteiger partial charge in [0.1, 0.15) is 16.9 Å². The molecular formula is C29H19NO2. The highest BCUT2D eigenvalue weighted by Gasteiger charge is 2.25. The molecule has 0 radical (unpaired) electrons. The van der Waals surface area contributed by atoms with Crippen molar-refractivity contribution in [3.05, 3.63) is 109 Å². The maximum atomic E-state index is 6.25. The highest BCUT2D eigenvalue weighted by atomic mass is 16.5. The topological polar surface area (TPSA) is 34.4 Å². The smallest absolute Gasteiger partial charge is 0.196 e. The molecule has 0 spiro atoms. The Labute approximate surface area is 184 Å². The van der Waals surface area contributed by atoms with Crippen LogP contribution in [0, 0.1) is 0 Å². The van der Waals surface area contributed by atoms with E-state index in [1.165, 1.54) is 5.39 Å². The second-order valence-corrected chi connectivity index (χ2v) is 8.21. The van der Waals surface area contributed by atoms with Crippen molar-refractivity contribution in [3.8, 4) is 16.9 Å². The Bertz CT molecular complexity index is 1630. The van der Waals surface area contributed by atoms with Crippen LogP contribution >= 0.6 is 0 Å². The normalized spacial score (nSPS) is 15.1. The Hall–Kier alpha value is -4.24. The fraction of sp³-hybridized carbons (Fsp3) is 0.0345. The third-order valence-electron chi connectivity index (χ3n) is 6.32. The lowest BCUT2D eigenvalue weighted by Gasteiger charge is -2.11. The summed E-state index contributed by atoms with van der Waals surface area (Å²) < 4.78 is 12.4. The first-order valence-electron chi connectivity index (χ1n) is 10.8. The van der Waals surface area contributed by atoms with Gasteiger partial charge in [-0.25, -0.2) is 0 Å². The van der Waals surface area contributed by atoms with Crippen LogP contribution in [0.15, 0.2) is 108 Å². The maximum Gasteiger partial charge on any atom is 0.196 e. The number of hydrogen-bond acceptors (Lipinski definition) is 3. The van der Waals surface area contributed by atoms with Gasteiger partial charge in [-0.15, -0.1) is 0 Å². The summed E-state index contributed by atoms with van der Waals surface area (Å²) in [5.41, 5.74) is 6.25. The molecule has 3 heteroatoms. The van der Waals surface area contributed by atoms with Crippen LogP contribution in [0.4, 0.5) is 5.69 Å². The highest BCUT2D eigenvalue weighted by Crippen LogP contribution is 2.44. The molecule has 0 amide bonds. The van der Waals surface area contributed by atoms with Crippen molar-refractivity contribution in [2.75, 3.05) is 5.32 Å². The highest BCUT2D eigenvalue weighted by molar-refractivity contribution is 6.10. The molecule has 0 unspecified atom stereocenters. The van der Waals surface area contributed by atoms with Gasteiger partial charge in [0.2, 0.25) is 0 Å². The fourth-order valence-electron chi connectivity index (χ4n) is 4.77. The van der Waals surface area contributed by atoms with E-state index in [1.54, 1.807) is 0 Å². The number of rotatable bonds is 2. The molecular weight excluding hydrogens is 394 g/mol. The molecule has 0 saturated carbocycles. The maximum absolute atomic E-state index is 6.25. The number of furan rings is 1. The van der Waals surface area contributed by atoms with E-state index in [-0.39, 0.29) is 6.23 Å². The first kappa shape index (κ1) is 17.4. The summed E-state index contributed by atoms with van der Waals surface area (Å²) in [7, 11) is 0. The van der Waals surface area contributed by atoms with Gasteiger partial charge >= 0.3 is 0 Å². The first-order chi connectivity index (χ1) is 15.8. The van der Waals surface area contributed by atoms with Crippen LogP contribution in [-0.4, -0.2) is 0 Å². The first-order valence-corrected chi connectivity index (χ1v) is 10.8. The lowest BCUT2D eigenvalue weighted by Crippen LogP contribution is -2.09. The number of ether oxygens (including phenoxy) is 1. The van der Waals surface area contributed by atoms with E-state index in [4.69, 9.17) is 9.15 Å². The number of benzene rings is 5. The van der Waals surface area contributed by atoms with Gasteiger partial charge in [-0.05, 0) is 29.1 Å². The molecule has 0 aliphatic carbocycles. The summed E-state index contributed by atoms with van der Waals surface area (Å²) in [4.78, 5) is 0. The largest absolute Gasteiger partial charge is 0.464 e. The minimum absolute atomic E-state index is 0.166. The van der Waals surface area contributed by atoms with Crippen LogP contribution in [-0.2, 0) is 0 Å². The molecule has 0 fully saturated rings. The van der Waals surface area contributed by atoms with E-state index < -0.39 is 0 Å². The number of fused-ring (bicyclic) bond motifs is 6. The molecule has 2 heterocycles. The molecule has 0 saturated heterocycles. The molecule has 1 N–H and O–H groups in total. The van der Waals surface area contributed by atoms with Gasteiger partial charge in [-0.2, -0.15) is 0 Å². The summed E-state index contributed by atoms with van der Waals surface area (Å²) in [6.07, 6.45) is -0.166. The van der Waals surface area contributed by atoms with Gasteiger partial charge in [-0.3, -0.25) is 0 Å². The van der Waals surface area contributed by atoms with Crippen molar-refractivity contribution < 1.29 is 9.15 Å². The molecule has 152 valence electrons. The zero-order chi connectivity index (χ0) is 21.1. The minimum Gasteiger partial charge on any atom is -0.464 e. The Balaban J connectivity index is 1.34. The fourth-order valence-corrected chi connectivity index (χ4v) is 4.77. The SMILES string of the molecule is c1ccc([C@@H]2Nc3c(ccc4cc(-c5cccc6c5oc5ccccc56)ccc34)O2)cc1. The van der Waals surface area contributed by atoms with Gasteiger partial charge in [0, 0.05) is 27.3 Å². The summed E-state index contributed by atoms with van der Waals surface area (Å²) in [6, 6.07) is 35.6. The lowest BCUT2D eigenvalue weighted by molar-refractivity contribution is 0.260. The molecule has 7 rings (SSSR count). The monoisotopic (exact) mass is 413 g/mol. The molecule has 6 aromatic rings. The second kappa shape index (κ2) is 6.63. The Morgan fingerprint density at radius 3 is 2.44 bits per heavy atom. The van der Waals surface area contributed by atoms with E-state index in [0.717, 1.165) is 55.5 Å². The molecule has 32 heavy (non-hydrogen) atoms. The van der Waals surface area contributed by atoms with E-state index in [0.29, 0.717) is 0 Å². The van der Waals surface area contributed by atoms with Gasteiger partial charge in [0.05, 0.1) is 5.69 Å². The molecule has 3 nitrogen and oxygen atoms in total. The average Bonchev–Trinajstić information content (AvgIpc) is 3.46. The Morgan fingerprint density at radius 2 is 1.50 bits per heavy atom. The predicted octanol–water partition coefficient (Wildman–Crippen LogP) is 7.91. The Kier molecular flexibility index (Phi) is 3.61. The quantitative estimate of drug-likeness (QED) is 0.313. The van der Waals surface area contributed by atoms with Crippen molar-refractivity contribution in [2.24, 2.45) is 0 Å². The minimum atomic E-state index is -0.166. The van der Waals surface area contributed by atoms with E-state index >= 15 is 0 Å². The predicted molar refractivity (Wildman–Crippen MR) is 130 cm³/mol. The third-order valence-corrected chi connectivity index (χ3v) is 6.32. The lowest BCUT2D eigenvalue weighted by atomic mass is 9.98. The molecule has 5 aromatic carbocycles. The zero-order valence-corrected chi connectivity index (χ0v) is 17.2. The van der Waals surface area contributed by atoms with Crippen molar-refractivity contribution >= 4 is 38.4 Å². The second-order valence-electron chi connectivity index (χ2n) is 8.21. The summed E-state index contributed by atoms with van der Waals surface area (Å²) in [5.74, 6) is 0.887. The van der Waals surface area contributed by atoms with E-state index in [9.17, 15) is 0 Å². The van der Waals surface area contributed by atoms with Crippen molar-refractivity contribution in [1.82, 2.24) is 0 Å². The van der Waals surface area contributed by atoms with Crippen LogP contribution in [0.5, 0.6) is 5.75 Å². The summed E-state index contributed by atoms with van der Waals surface area (Å²) in [6.45, 7) is 0. The van der Waals surface area contributed by atoms with E-state index in [1.807, 2.05) is 30.3 Å².